The van der Waals surface area contributed by atoms with Crippen molar-refractivity contribution in [3.63, 3.8) is 0 Å². The second-order valence-corrected chi connectivity index (χ2v) is 8.85. The van der Waals surface area contributed by atoms with Gasteiger partial charge in [0.1, 0.15) is 5.75 Å². The van der Waals surface area contributed by atoms with Gasteiger partial charge in [0.05, 0.1) is 11.6 Å². The second-order valence-electron chi connectivity index (χ2n) is 8.85. The largest absolute Gasteiger partial charge is 0.503 e. The molecule has 6 nitrogen and oxygen atoms in total. The Morgan fingerprint density at radius 2 is 1.61 bits per heavy atom. The van der Waals surface area contributed by atoms with E-state index in [1.165, 1.54) is 11.8 Å². The summed E-state index contributed by atoms with van der Waals surface area (Å²) < 4.78 is 5.10. The SMILES string of the molecule is CC(=O)Oc1ccc(C2C(C(=O)C(C)(C)C)=C(O)C(=O)N2c2ccc(C)c(C)c2)cc1. The van der Waals surface area contributed by atoms with Crippen LogP contribution in [0.25, 0.3) is 0 Å². The van der Waals surface area contributed by atoms with Crippen molar-refractivity contribution in [2.75, 3.05) is 4.90 Å². The van der Waals surface area contributed by atoms with E-state index in [4.69, 9.17) is 4.74 Å². The summed E-state index contributed by atoms with van der Waals surface area (Å²) in [6, 6.07) is 11.4. The zero-order chi connectivity index (χ0) is 23.1. The Hall–Kier alpha value is -3.41. The summed E-state index contributed by atoms with van der Waals surface area (Å²) in [5, 5.41) is 10.8. The van der Waals surface area contributed by atoms with Crippen molar-refractivity contribution in [1.29, 1.82) is 0 Å². The number of Topliss-reactive ketones (excluding diaryl/α,β-unsaturated/α-hetero) is 1. The molecular weight excluding hydrogens is 394 g/mol. The molecule has 162 valence electrons. The molecule has 1 unspecified atom stereocenters. The lowest BCUT2D eigenvalue weighted by Crippen LogP contribution is -2.32. The summed E-state index contributed by atoms with van der Waals surface area (Å²) in [6.07, 6.45) is 0. The number of carbonyl (C=O) groups excluding carboxylic acids is 3. The first-order valence-electron chi connectivity index (χ1n) is 10.1. The van der Waals surface area contributed by atoms with Crippen molar-refractivity contribution in [1.82, 2.24) is 0 Å². The molecule has 0 bridgehead atoms. The molecule has 0 aliphatic carbocycles. The Morgan fingerprint density at radius 1 is 1.00 bits per heavy atom. The summed E-state index contributed by atoms with van der Waals surface area (Å²) in [5.41, 5.74) is 2.55. The van der Waals surface area contributed by atoms with Crippen LogP contribution in [0.1, 0.15) is 50.4 Å². The first kappa shape index (κ1) is 22.3. The van der Waals surface area contributed by atoms with E-state index in [9.17, 15) is 19.5 Å². The number of carbonyl (C=O) groups is 3. The molecule has 1 N–H and O–H groups in total. The Labute approximate surface area is 182 Å². The summed E-state index contributed by atoms with van der Waals surface area (Å²) in [5.74, 6) is -1.55. The highest BCUT2D eigenvalue weighted by atomic mass is 16.5. The predicted molar refractivity (Wildman–Crippen MR) is 118 cm³/mol. The third kappa shape index (κ3) is 4.24. The van der Waals surface area contributed by atoms with Gasteiger partial charge in [0.25, 0.3) is 5.91 Å². The Balaban J connectivity index is 2.17. The van der Waals surface area contributed by atoms with E-state index < -0.39 is 29.1 Å². The molecule has 3 rings (SSSR count). The number of aliphatic hydroxyl groups excluding tert-OH is 1. The highest BCUT2D eigenvalue weighted by Crippen LogP contribution is 2.43. The lowest BCUT2D eigenvalue weighted by atomic mass is 9.82. The molecule has 1 amide bonds. The van der Waals surface area contributed by atoms with Crippen molar-refractivity contribution in [2.24, 2.45) is 5.41 Å². The van der Waals surface area contributed by atoms with Crippen LogP contribution in [-0.4, -0.2) is 22.8 Å². The first-order valence-corrected chi connectivity index (χ1v) is 10.1. The lowest BCUT2D eigenvalue weighted by Gasteiger charge is -2.29. The van der Waals surface area contributed by atoms with Crippen LogP contribution in [0.5, 0.6) is 5.75 Å². The molecule has 0 spiro atoms. The van der Waals surface area contributed by atoms with E-state index in [0.29, 0.717) is 17.0 Å². The zero-order valence-electron chi connectivity index (χ0n) is 18.6. The van der Waals surface area contributed by atoms with E-state index in [0.717, 1.165) is 11.1 Å². The number of aryl methyl sites for hydroxylation is 2. The number of aliphatic hydroxyl groups is 1. The van der Waals surface area contributed by atoms with Gasteiger partial charge < -0.3 is 9.84 Å². The summed E-state index contributed by atoms with van der Waals surface area (Å²) >= 11 is 0. The van der Waals surface area contributed by atoms with Gasteiger partial charge in [0.15, 0.2) is 11.5 Å². The molecule has 0 saturated carbocycles. The maximum absolute atomic E-state index is 13.3. The maximum Gasteiger partial charge on any atom is 0.308 e. The molecule has 6 heteroatoms. The molecule has 0 radical (unpaired) electrons. The Bertz CT molecular complexity index is 1090. The summed E-state index contributed by atoms with van der Waals surface area (Å²) in [7, 11) is 0. The number of ketones is 1. The lowest BCUT2D eigenvalue weighted by molar-refractivity contribution is -0.132. The van der Waals surface area contributed by atoms with Gasteiger partial charge in [-0.3, -0.25) is 19.3 Å². The highest BCUT2D eigenvalue weighted by molar-refractivity contribution is 6.17. The van der Waals surface area contributed by atoms with E-state index >= 15 is 0 Å². The van der Waals surface area contributed by atoms with Gasteiger partial charge in [-0.05, 0) is 54.8 Å². The zero-order valence-corrected chi connectivity index (χ0v) is 18.6. The average Bonchev–Trinajstić information content (AvgIpc) is 2.94. The van der Waals surface area contributed by atoms with Crippen LogP contribution >= 0.6 is 0 Å². The quantitative estimate of drug-likeness (QED) is 0.569. The molecule has 0 saturated heterocycles. The average molecular weight is 421 g/mol. The van der Waals surface area contributed by atoms with E-state index in [2.05, 4.69) is 0 Å². The Morgan fingerprint density at radius 3 is 2.13 bits per heavy atom. The van der Waals surface area contributed by atoms with E-state index in [1.54, 1.807) is 51.1 Å². The topological polar surface area (TPSA) is 83.9 Å². The van der Waals surface area contributed by atoms with Gasteiger partial charge in [0, 0.05) is 18.0 Å². The van der Waals surface area contributed by atoms with E-state index in [1.807, 2.05) is 26.0 Å². The van der Waals surface area contributed by atoms with Gasteiger partial charge in [-0.2, -0.15) is 0 Å². The number of hydrogen-bond acceptors (Lipinski definition) is 5. The number of ether oxygens (including phenoxy) is 1. The van der Waals surface area contributed by atoms with Crippen molar-refractivity contribution >= 4 is 23.3 Å². The monoisotopic (exact) mass is 421 g/mol. The summed E-state index contributed by atoms with van der Waals surface area (Å²) in [4.78, 5) is 39.1. The van der Waals surface area contributed by atoms with E-state index in [-0.39, 0.29) is 11.4 Å². The van der Waals surface area contributed by atoms with Gasteiger partial charge in [-0.1, -0.05) is 39.0 Å². The predicted octanol–water partition coefficient (Wildman–Crippen LogP) is 4.74. The van der Waals surface area contributed by atoms with Gasteiger partial charge in [-0.25, -0.2) is 0 Å². The first-order chi connectivity index (χ1) is 14.4. The molecule has 1 heterocycles. The second kappa shape index (κ2) is 8.02. The molecule has 2 aromatic carbocycles. The molecule has 2 aromatic rings. The van der Waals surface area contributed by atoms with Crippen LogP contribution in [0.4, 0.5) is 5.69 Å². The maximum atomic E-state index is 13.3. The number of esters is 1. The number of hydrogen-bond donors (Lipinski definition) is 1. The van der Waals surface area contributed by atoms with Gasteiger partial charge >= 0.3 is 5.97 Å². The third-order valence-electron chi connectivity index (χ3n) is 5.36. The fraction of sp³-hybridized carbons (Fsp3) is 0.320. The van der Waals surface area contributed by atoms with Crippen LogP contribution in [0, 0.1) is 19.3 Å². The third-order valence-corrected chi connectivity index (χ3v) is 5.36. The van der Waals surface area contributed by atoms with Gasteiger partial charge in [0.2, 0.25) is 0 Å². The van der Waals surface area contributed by atoms with Crippen molar-refractivity contribution in [3.8, 4) is 5.75 Å². The normalized spacial score (nSPS) is 16.6. The molecule has 1 aliphatic rings. The summed E-state index contributed by atoms with van der Waals surface area (Å²) in [6.45, 7) is 10.5. The standard InChI is InChI=1S/C25H27NO5/c1-14-7-10-18(13-15(14)2)26-21(17-8-11-19(12-9-17)31-16(3)27)20(22(28)24(26)30)23(29)25(4,5)6/h7-13,21,28H,1-6H3. The van der Waals surface area contributed by atoms with Crippen LogP contribution < -0.4 is 9.64 Å². The molecule has 1 atom stereocenters. The minimum absolute atomic E-state index is 0.0657. The van der Waals surface area contributed by atoms with Crippen LogP contribution in [0.2, 0.25) is 0 Å². The Kier molecular flexibility index (Phi) is 5.77. The molecule has 0 fully saturated rings. The highest BCUT2D eigenvalue weighted by Gasteiger charge is 2.46. The molecule has 1 aliphatic heterocycles. The number of amides is 1. The van der Waals surface area contributed by atoms with Crippen LogP contribution in [0.15, 0.2) is 53.8 Å². The van der Waals surface area contributed by atoms with Crippen molar-refractivity contribution < 1.29 is 24.2 Å². The fourth-order valence-corrected chi connectivity index (χ4v) is 3.58. The van der Waals surface area contributed by atoms with Crippen LogP contribution in [0.3, 0.4) is 0 Å². The molecule has 31 heavy (non-hydrogen) atoms. The minimum atomic E-state index is -0.798. The van der Waals surface area contributed by atoms with Gasteiger partial charge in [-0.15, -0.1) is 0 Å². The number of benzene rings is 2. The molecule has 0 aromatic heterocycles. The number of rotatable bonds is 4. The fourth-order valence-electron chi connectivity index (χ4n) is 3.58. The van der Waals surface area contributed by atoms with Crippen molar-refractivity contribution in [2.45, 2.75) is 47.6 Å². The van der Waals surface area contributed by atoms with Crippen molar-refractivity contribution in [3.05, 3.63) is 70.5 Å². The van der Waals surface area contributed by atoms with Crippen LogP contribution in [-0.2, 0) is 14.4 Å². The number of nitrogens with zero attached hydrogens (tertiary/aromatic N) is 1. The number of anilines is 1. The minimum Gasteiger partial charge on any atom is -0.503 e. The molecular formula is C25H27NO5. The smallest absolute Gasteiger partial charge is 0.308 e.